The summed E-state index contributed by atoms with van der Waals surface area (Å²) in [6.07, 6.45) is 3.31. The van der Waals surface area contributed by atoms with Gasteiger partial charge in [-0.25, -0.2) is 13.8 Å². The van der Waals surface area contributed by atoms with E-state index in [0.29, 0.717) is 21.8 Å². The van der Waals surface area contributed by atoms with E-state index in [-0.39, 0.29) is 23.8 Å². The molecular weight excluding hydrogens is 592 g/mol. The molecule has 0 aliphatic carbocycles. The molecule has 2 saturated heterocycles. The molecule has 3 aromatic carbocycles. The Bertz CT molecular complexity index is 1680. The molecule has 10 heteroatoms. The van der Waals surface area contributed by atoms with Gasteiger partial charge in [0.15, 0.2) is 17.4 Å². The number of hydrogen-bond acceptors (Lipinski definition) is 6. The molecule has 43 heavy (non-hydrogen) atoms. The summed E-state index contributed by atoms with van der Waals surface area (Å²) in [5.74, 6) is -3.95. The van der Waals surface area contributed by atoms with E-state index in [1.54, 1.807) is 42.5 Å². The Balaban J connectivity index is 1.43. The number of ether oxygens (including phenoxy) is 1. The SMILES string of the molecule is O=C1C[C@@](c2ccc(N3CCCCC3)cc2)(c2cccc(Oc3ccc(F)c(F)c3)n2)N(S)C(=O)C1c1ccccc1Cl. The Kier molecular flexibility index (Phi) is 8.11. The molecule has 6 rings (SSSR count). The van der Waals surface area contributed by atoms with Crippen LogP contribution >= 0.6 is 24.4 Å². The smallest absolute Gasteiger partial charge is 0.248 e. The summed E-state index contributed by atoms with van der Waals surface area (Å²) in [5.41, 5.74) is 1.03. The van der Waals surface area contributed by atoms with E-state index >= 15 is 0 Å². The lowest BCUT2D eigenvalue weighted by molar-refractivity contribution is -0.142. The zero-order chi connectivity index (χ0) is 30.1. The molecule has 0 bridgehead atoms. The van der Waals surface area contributed by atoms with E-state index in [4.69, 9.17) is 29.2 Å². The highest BCUT2D eigenvalue weighted by atomic mass is 35.5. The van der Waals surface area contributed by atoms with Crippen LogP contribution in [0.1, 0.15) is 48.4 Å². The second-order valence-corrected chi connectivity index (χ2v) is 11.5. The number of pyridine rings is 1. The average molecular weight is 620 g/mol. The van der Waals surface area contributed by atoms with Crippen molar-refractivity contribution in [1.29, 1.82) is 0 Å². The van der Waals surface area contributed by atoms with Crippen molar-refractivity contribution in [3.8, 4) is 11.6 Å². The largest absolute Gasteiger partial charge is 0.439 e. The first-order valence-corrected chi connectivity index (χ1v) is 14.8. The van der Waals surface area contributed by atoms with Crippen molar-refractivity contribution in [2.75, 3.05) is 18.0 Å². The molecule has 2 atom stereocenters. The van der Waals surface area contributed by atoms with E-state index in [1.165, 1.54) is 16.8 Å². The third-order valence-electron chi connectivity index (χ3n) is 8.11. The molecule has 2 aliphatic heterocycles. The normalized spacial score (nSPS) is 20.8. The van der Waals surface area contributed by atoms with Crippen LogP contribution in [-0.4, -0.2) is 34.1 Å². The van der Waals surface area contributed by atoms with Crippen molar-refractivity contribution in [1.82, 2.24) is 9.29 Å². The molecule has 0 spiro atoms. The van der Waals surface area contributed by atoms with E-state index in [2.05, 4.69) is 9.88 Å². The van der Waals surface area contributed by atoms with Gasteiger partial charge in [-0.3, -0.25) is 13.9 Å². The molecule has 4 aromatic rings. The van der Waals surface area contributed by atoms with Gasteiger partial charge < -0.3 is 9.64 Å². The number of Topliss-reactive ketones (excluding diaryl/α,β-unsaturated/α-hetero) is 1. The second kappa shape index (κ2) is 12.0. The molecule has 1 aromatic heterocycles. The minimum atomic E-state index is -1.40. The van der Waals surface area contributed by atoms with E-state index in [1.807, 2.05) is 24.3 Å². The third kappa shape index (κ3) is 5.47. The lowest BCUT2D eigenvalue weighted by Crippen LogP contribution is -2.54. The molecule has 0 saturated carbocycles. The van der Waals surface area contributed by atoms with E-state index < -0.39 is 29.0 Å². The van der Waals surface area contributed by atoms with Gasteiger partial charge in [-0.15, -0.1) is 0 Å². The number of ketones is 1. The number of amides is 1. The lowest BCUT2D eigenvalue weighted by Gasteiger charge is -2.45. The van der Waals surface area contributed by atoms with Crippen LogP contribution in [0.3, 0.4) is 0 Å². The number of carbonyl (C=O) groups is 2. The minimum absolute atomic E-state index is 0.0424. The number of benzene rings is 3. The summed E-state index contributed by atoms with van der Waals surface area (Å²) in [6, 6.07) is 22.6. The summed E-state index contributed by atoms with van der Waals surface area (Å²) in [4.78, 5) is 35.0. The fourth-order valence-corrected chi connectivity index (χ4v) is 6.58. The van der Waals surface area contributed by atoms with Gasteiger partial charge in [-0.1, -0.05) is 60.8 Å². The molecule has 2 aliphatic rings. The van der Waals surface area contributed by atoms with Crippen LogP contribution in [0.5, 0.6) is 11.6 Å². The minimum Gasteiger partial charge on any atom is -0.439 e. The Hall–Kier alpha value is -3.95. The molecule has 2 fully saturated rings. The lowest BCUT2D eigenvalue weighted by atomic mass is 9.74. The zero-order valence-corrected chi connectivity index (χ0v) is 24.7. The van der Waals surface area contributed by atoms with Gasteiger partial charge in [0.05, 0.1) is 5.69 Å². The van der Waals surface area contributed by atoms with Gasteiger partial charge in [0.2, 0.25) is 11.8 Å². The molecule has 1 unspecified atom stereocenters. The molecule has 1 amide bonds. The Morgan fingerprint density at radius 3 is 2.35 bits per heavy atom. The van der Waals surface area contributed by atoms with Gasteiger partial charge >= 0.3 is 0 Å². The third-order valence-corrected chi connectivity index (χ3v) is 9.00. The van der Waals surface area contributed by atoms with Crippen molar-refractivity contribution < 1.29 is 23.1 Å². The van der Waals surface area contributed by atoms with Crippen molar-refractivity contribution in [2.45, 2.75) is 37.1 Å². The van der Waals surface area contributed by atoms with Crippen molar-refractivity contribution in [3.63, 3.8) is 0 Å². The van der Waals surface area contributed by atoms with Crippen LogP contribution in [-0.2, 0) is 15.1 Å². The van der Waals surface area contributed by atoms with Crippen LogP contribution < -0.4 is 9.64 Å². The topological polar surface area (TPSA) is 62.7 Å². The molecule has 6 nitrogen and oxygen atoms in total. The van der Waals surface area contributed by atoms with E-state index in [9.17, 15) is 18.4 Å². The van der Waals surface area contributed by atoms with Crippen molar-refractivity contribution in [3.05, 3.63) is 118 Å². The first kappa shape index (κ1) is 29.1. The maximum atomic E-state index is 14.0. The summed E-state index contributed by atoms with van der Waals surface area (Å²) < 4.78 is 34.4. The number of anilines is 1. The summed E-state index contributed by atoms with van der Waals surface area (Å²) in [6.45, 7) is 1.93. The van der Waals surface area contributed by atoms with Crippen molar-refractivity contribution in [2.24, 2.45) is 0 Å². The second-order valence-electron chi connectivity index (χ2n) is 10.7. The monoisotopic (exact) mass is 619 g/mol. The number of rotatable bonds is 6. The van der Waals surface area contributed by atoms with Gasteiger partial charge in [-0.05, 0) is 66.8 Å². The number of piperidine rings is 2. The number of nitrogens with zero attached hydrogens (tertiary/aromatic N) is 3. The van der Waals surface area contributed by atoms with Gasteiger partial charge in [0, 0.05) is 42.4 Å². The predicted octanol–water partition coefficient (Wildman–Crippen LogP) is 7.47. The maximum Gasteiger partial charge on any atom is 0.248 e. The number of thiol groups is 1. The van der Waals surface area contributed by atoms with Crippen LogP contribution in [0.2, 0.25) is 5.02 Å². The fraction of sp³-hybridized carbons (Fsp3) is 0.242. The fourth-order valence-electron chi connectivity index (χ4n) is 5.93. The maximum absolute atomic E-state index is 14.0. The molecule has 220 valence electrons. The Morgan fingerprint density at radius 2 is 1.63 bits per heavy atom. The highest BCUT2D eigenvalue weighted by Crippen LogP contribution is 2.48. The van der Waals surface area contributed by atoms with Gasteiger partial charge in [-0.2, -0.15) is 0 Å². The highest BCUT2D eigenvalue weighted by Gasteiger charge is 2.53. The van der Waals surface area contributed by atoms with E-state index in [0.717, 1.165) is 43.8 Å². The highest BCUT2D eigenvalue weighted by molar-refractivity contribution is 7.78. The van der Waals surface area contributed by atoms with Crippen LogP contribution in [0.4, 0.5) is 14.5 Å². The zero-order valence-electron chi connectivity index (χ0n) is 23.1. The molecular formula is C33H28ClF2N3O3S. The molecule has 0 N–H and O–H groups in total. The Morgan fingerprint density at radius 1 is 0.884 bits per heavy atom. The first-order valence-electron chi connectivity index (χ1n) is 14.0. The number of halogens is 3. The number of aromatic nitrogens is 1. The number of hydrogen-bond donors (Lipinski definition) is 1. The van der Waals surface area contributed by atoms with Crippen molar-refractivity contribution >= 4 is 41.8 Å². The standard InChI is InChI=1S/C33H28ClF2N3O3S/c34-25-8-3-2-7-24(25)31-28(40)20-33(39(43)32(31)41,21-11-13-22(14-12-21)38-17-4-1-5-18-38)29-9-6-10-30(37-29)42-23-15-16-26(35)27(36)19-23/h2-3,6-16,19,31,43H,1,4-5,17-18,20H2/t31?,33-/m1/s1. The van der Waals surface area contributed by atoms with Crippen LogP contribution in [0.15, 0.2) is 84.9 Å². The summed E-state index contributed by atoms with van der Waals surface area (Å²) in [5, 5.41) is 0.314. The summed E-state index contributed by atoms with van der Waals surface area (Å²) >= 11 is 11.2. The Labute approximate surface area is 258 Å². The first-order chi connectivity index (χ1) is 20.8. The average Bonchev–Trinajstić information content (AvgIpc) is 3.02. The summed E-state index contributed by atoms with van der Waals surface area (Å²) in [7, 11) is 0. The van der Waals surface area contributed by atoms with Gasteiger partial charge in [0.1, 0.15) is 17.2 Å². The quantitative estimate of drug-likeness (QED) is 0.179. The number of carbonyl (C=O) groups excluding carboxylic acids is 2. The van der Waals surface area contributed by atoms with Gasteiger partial charge in [0.25, 0.3) is 0 Å². The predicted molar refractivity (Wildman–Crippen MR) is 164 cm³/mol. The molecule has 0 radical (unpaired) electrons. The van der Waals surface area contributed by atoms with Crippen LogP contribution in [0, 0.1) is 11.6 Å². The van der Waals surface area contributed by atoms with Crippen LogP contribution in [0.25, 0.3) is 0 Å². The molecule has 3 heterocycles.